The second-order valence-electron chi connectivity index (χ2n) is 3.39. The number of hydrogen-bond acceptors (Lipinski definition) is 2. The van der Waals surface area contributed by atoms with Gasteiger partial charge in [-0.05, 0) is 25.5 Å². The van der Waals surface area contributed by atoms with Crippen LogP contribution in [0.1, 0.15) is 19.4 Å². The molecule has 0 aliphatic rings. The van der Waals surface area contributed by atoms with Crippen LogP contribution in [0, 0.1) is 6.07 Å². The van der Waals surface area contributed by atoms with Crippen molar-refractivity contribution in [2.45, 2.75) is 19.3 Å². The summed E-state index contributed by atoms with van der Waals surface area (Å²) in [5.41, 5.74) is 0.234. The predicted octanol–water partition coefficient (Wildman–Crippen LogP) is 1.94. The van der Waals surface area contributed by atoms with Gasteiger partial charge in [0.05, 0.1) is 12.5 Å². The van der Waals surface area contributed by atoms with Crippen molar-refractivity contribution in [3.05, 3.63) is 35.9 Å². The van der Waals surface area contributed by atoms with Crippen molar-refractivity contribution in [1.29, 1.82) is 0 Å². The first kappa shape index (κ1) is 9.78. The maximum atomic E-state index is 11.4. The summed E-state index contributed by atoms with van der Waals surface area (Å²) in [5.74, 6) is -0.241. The van der Waals surface area contributed by atoms with Gasteiger partial charge in [-0.15, -0.1) is 0 Å². The molecule has 69 valence electrons. The van der Waals surface area contributed by atoms with E-state index in [1.807, 2.05) is 32.0 Å². The molecule has 0 atom stereocenters. The van der Waals surface area contributed by atoms with Gasteiger partial charge in [0.1, 0.15) is 0 Å². The Bertz CT molecular complexity index is 288. The summed E-state index contributed by atoms with van der Waals surface area (Å²) in [6, 6.07) is 10.4. The molecule has 0 aromatic heterocycles. The smallest absolute Gasteiger partial charge is 0.315 e. The molecule has 0 bridgehead atoms. The van der Waals surface area contributed by atoms with Crippen LogP contribution in [0.2, 0.25) is 0 Å². The molecular formula is C11H13O2. The van der Waals surface area contributed by atoms with Crippen LogP contribution in [0.4, 0.5) is 0 Å². The van der Waals surface area contributed by atoms with Crippen molar-refractivity contribution in [3.8, 4) is 0 Å². The number of ether oxygens (including phenoxy) is 1. The molecule has 0 unspecified atom stereocenters. The van der Waals surface area contributed by atoms with Gasteiger partial charge in [0, 0.05) is 0 Å². The third kappa shape index (κ3) is 1.89. The Hall–Kier alpha value is -1.31. The summed E-state index contributed by atoms with van der Waals surface area (Å²) in [4.78, 5) is 11.4. The molecule has 0 aliphatic carbocycles. The summed E-state index contributed by atoms with van der Waals surface area (Å²) >= 11 is 0. The fraction of sp³-hybridized carbons (Fsp3) is 0.364. The van der Waals surface area contributed by atoms with Crippen molar-refractivity contribution in [1.82, 2.24) is 0 Å². The average molecular weight is 177 g/mol. The van der Waals surface area contributed by atoms with Crippen molar-refractivity contribution in [3.63, 3.8) is 0 Å². The molecule has 2 heteroatoms. The van der Waals surface area contributed by atoms with Crippen LogP contribution in [0.5, 0.6) is 0 Å². The highest BCUT2D eigenvalue weighted by molar-refractivity contribution is 5.81. The minimum Gasteiger partial charge on any atom is -0.468 e. The van der Waals surface area contributed by atoms with Crippen LogP contribution in [-0.4, -0.2) is 13.1 Å². The lowest BCUT2D eigenvalue weighted by molar-refractivity contribution is -0.146. The Morgan fingerprint density at radius 1 is 1.46 bits per heavy atom. The number of benzene rings is 1. The fourth-order valence-corrected chi connectivity index (χ4v) is 1.15. The summed E-state index contributed by atoms with van der Waals surface area (Å²) in [6.45, 7) is 3.65. The second-order valence-corrected chi connectivity index (χ2v) is 3.39. The van der Waals surface area contributed by atoms with Gasteiger partial charge >= 0.3 is 5.97 Å². The third-order valence-corrected chi connectivity index (χ3v) is 2.08. The zero-order chi connectivity index (χ0) is 9.90. The fourth-order valence-electron chi connectivity index (χ4n) is 1.15. The minimum absolute atomic E-state index is 0.241. The zero-order valence-electron chi connectivity index (χ0n) is 8.13. The molecule has 0 saturated carbocycles. The van der Waals surface area contributed by atoms with Crippen LogP contribution in [0.15, 0.2) is 24.3 Å². The Balaban J connectivity index is 3.00. The molecule has 0 amide bonds. The van der Waals surface area contributed by atoms with E-state index in [1.165, 1.54) is 7.11 Å². The van der Waals surface area contributed by atoms with E-state index < -0.39 is 5.41 Å². The van der Waals surface area contributed by atoms with E-state index in [0.29, 0.717) is 0 Å². The van der Waals surface area contributed by atoms with E-state index in [9.17, 15) is 4.79 Å². The first-order valence-electron chi connectivity index (χ1n) is 4.14. The molecule has 0 N–H and O–H groups in total. The van der Waals surface area contributed by atoms with Crippen molar-refractivity contribution in [2.75, 3.05) is 7.11 Å². The van der Waals surface area contributed by atoms with Gasteiger partial charge in [0.2, 0.25) is 0 Å². The molecule has 1 radical (unpaired) electrons. The van der Waals surface area contributed by atoms with Gasteiger partial charge in [0.25, 0.3) is 0 Å². The van der Waals surface area contributed by atoms with Crippen molar-refractivity contribution in [2.24, 2.45) is 0 Å². The van der Waals surface area contributed by atoms with E-state index in [-0.39, 0.29) is 5.97 Å². The monoisotopic (exact) mass is 177 g/mol. The number of carbonyl (C=O) groups is 1. The Morgan fingerprint density at radius 2 is 2.15 bits per heavy atom. The van der Waals surface area contributed by atoms with Gasteiger partial charge < -0.3 is 4.74 Å². The van der Waals surface area contributed by atoms with E-state index >= 15 is 0 Å². The number of esters is 1. The zero-order valence-corrected chi connectivity index (χ0v) is 8.13. The maximum Gasteiger partial charge on any atom is 0.315 e. The van der Waals surface area contributed by atoms with Gasteiger partial charge in [-0.25, -0.2) is 0 Å². The van der Waals surface area contributed by atoms with E-state index in [1.54, 1.807) is 6.07 Å². The number of rotatable bonds is 2. The van der Waals surface area contributed by atoms with Crippen LogP contribution in [0.3, 0.4) is 0 Å². The molecular weight excluding hydrogens is 164 g/mol. The van der Waals surface area contributed by atoms with Crippen LogP contribution >= 0.6 is 0 Å². The molecule has 0 saturated heterocycles. The highest BCUT2D eigenvalue weighted by Crippen LogP contribution is 2.23. The molecule has 0 spiro atoms. The summed E-state index contributed by atoms with van der Waals surface area (Å²) in [5, 5.41) is 0. The lowest BCUT2D eigenvalue weighted by Crippen LogP contribution is -2.30. The molecule has 0 aliphatic heterocycles. The highest BCUT2D eigenvalue weighted by atomic mass is 16.5. The van der Waals surface area contributed by atoms with Gasteiger partial charge in [0.15, 0.2) is 0 Å². The molecule has 0 heterocycles. The number of carbonyl (C=O) groups excluding carboxylic acids is 1. The SMILES string of the molecule is COC(=O)C(C)(C)c1[c]cccc1. The average Bonchev–Trinajstić information content (AvgIpc) is 2.18. The lowest BCUT2D eigenvalue weighted by atomic mass is 9.85. The molecule has 1 aromatic rings. The topological polar surface area (TPSA) is 26.3 Å². The van der Waals surface area contributed by atoms with Crippen LogP contribution in [0.25, 0.3) is 0 Å². The second kappa shape index (κ2) is 3.60. The summed E-state index contributed by atoms with van der Waals surface area (Å²) in [6.07, 6.45) is 0. The first-order chi connectivity index (χ1) is 6.09. The standard InChI is InChI=1S/C11H13O2/c1-11(2,10(12)13-3)9-7-5-4-6-8-9/h4-7H,1-3H3. The Labute approximate surface area is 78.5 Å². The largest absolute Gasteiger partial charge is 0.468 e. The third-order valence-electron chi connectivity index (χ3n) is 2.08. The van der Waals surface area contributed by atoms with Gasteiger partial charge in [-0.1, -0.05) is 24.3 Å². The minimum atomic E-state index is -0.615. The summed E-state index contributed by atoms with van der Waals surface area (Å²) < 4.78 is 4.71. The number of hydrogen-bond donors (Lipinski definition) is 0. The lowest BCUT2D eigenvalue weighted by Gasteiger charge is -2.21. The van der Waals surface area contributed by atoms with E-state index in [2.05, 4.69) is 6.07 Å². The molecule has 1 rings (SSSR count). The first-order valence-corrected chi connectivity index (χ1v) is 4.14. The highest BCUT2D eigenvalue weighted by Gasteiger charge is 2.30. The van der Waals surface area contributed by atoms with Crippen LogP contribution in [-0.2, 0) is 14.9 Å². The maximum absolute atomic E-state index is 11.4. The van der Waals surface area contributed by atoms with E-state index in [4.69, 9.17) is 4.74 Å². The quantitative estimate of drug-likeness (QED) is 0.645. The normalized spacial score (nSPS) is 11.0. The van der Waals surface area contributed by atoms with Crippen LogP contribution < -0.4 is 0 Å². The van der Waals surface area contributed by atoms with Crippen molar-refractivity contribution >= 4 is 5.97 Å². The Kier molecular flexibility index (Phi) is 2.71. The van der Waals surface area contributed by atoms with Gasteiger partial charge in [-0.2, -0.15) is 0 Å². The molecule has 13 heavy (non-hydrogen) atoms. The van der Waals surface area contributed by atoms with Gasteiger partial charge in [-0.3, -0.25) is 4.79 Å². The Morgan fingerprint density at radius 3 is 2.62 bits per heavy atom. The van der Waals surface area contributed by atoms with E-state index in [0.717, 1.165) is 5.56 Å². The molecule has 0 fully saturated rings. The molecule has 1 aromatic carbocycles. The predicted molar refractivity (Wildman–Crippen MR) is 50.3 cm³/mol. The van der Waals surface area contributed by atoms with Crippen molar-refractivity contribution < 1.29 is 9.53 Å². The molecule has 2 nitrogen and oxygen atoms in total. The summed E-state index contributed by atoms with van der Waals surface area (Å²) in [7, 11) is 1.40. The number of methoxy groups -OCH3 is 1.